The summed E-state index contributed by atoms with van der Waals surface area (Å²) in [6.07, 6.45) is 1.22. The normalized spacial score (nSPS) is 23.1. The van der Waals surface area contributed by atoms with Crippen molar-refractivity contribution in [1.29, 1.82) is 0 Å². The molecule has 1 aromatic rings. The molecule has 2 heteroatoms. The molecular formula is C15H24N2. The van der Waals surface area contributed by atoms with Gasteiger partial charge in [0.25, 0.3) is 0 Å². The van der Waals surface area contributed by atoms with Gasteiger partial charge in [0.2, 0.25) is 0 Å². The van der Waals surface area contributed by atoms with Crippen molar-refractivity contribution in [3.05, 3.63) is 29.3 Å². The summed E-state index contributed by atoms with van der Waals surface area (Å²) in [5, 5.41) is 3.44. The molecule has 2 nitrogen and oxygen atoms in total. The van der Waals surface area contributed by atoms with Crippen LogP contribution in [0.1, 0.15) is 31.4 Å². The molecule has 1 aliphatic heterocycles. The van der Waals surface area contributed by atoms with Gasteiger partial charge in [0.1, 0.15) is 0 Å². The van der Waals surface area contributed by atoms with Crippen LogP contribution in [0.25, 0.3) is 0 Å². The van der Waals surface area contributed by atoms with Crippen LogP contribution < -0.4 is 10.2 Å². The molecule has 17 heavy (non-hydrogen) atoms. The Labute approximate surface area is 105 Å². The van der Waals surface area contributed by atoms with E-state index in [1.807, 2.05) is 0 Å². The van der Waals surface area contributed by atoms with E-state index < -0.39 is 0 Å². The Morgan fingerprint density at radius 2 is 2.00 bits per heavy atom. The third-order valence-corrected chi connectivity index (χ3v) is 4.18. The molecule has 1 N–H and O–H groups in total. The van der Waals surface area contributed by atoms with Crippen molar-refractivity contribution in [3.63, 3.8) is 0 Å². The van der Waals surface area contributed by atoms with Gasteiger partial charge in [0, 0.05) is 23.8 Å². The number of aryl methyl sites for hydroxylation is 2. The summed E-state index contributed by atoms with van der Waals surface area (Å²) in [7, 11) is 2.07. The summed E-state index contributed by atoms with van der Waals surface area (Å²) < 4.78 is 0. The second-order valence-electron chi connectivity index (χ2n) is 5.73. The van der Waals surface area contributed by atoms with Crippen LogP contribution >= 0.6 is 0 Å². The van der Waals surface area contributed by atoms with E-state index in [2.05, 4.69) is 63.2 Å². The van der Waals surface area contributed by atoms with E-state index in [1.165, 1.54) is 23.2 Å². The number of rotatable bonds is 2. The fraction of sp³-hybridized carbons (Fsp3) is 0.600. The molecule has 1 aromatic carbocycles. The van der Waals surface area contributed by atoms with Gasteiger partial charge in [-0.3, -0.25) is 0 Å². The highest BCUT2D eigenvalue weighted by atomic mass is 15.3. The molecule has 1 fully saturated rings. The van der Waals surface area contributed by atoms with Gasteiger partial charge in [-0.15, -0.1) is 0 Å². The van der Waals surface area contributed by atoms with Crippen molar-refractivity contribution in [3.8, 4) is 0 Å². The van der Waals surface area contributed by atoms with E-state index in [0.29, 0.717) is 6.04 Å². The van der Waals surface area contributed by atoms with Gasteiger partial charge in [-0.2, -0.15) is 0 Å². The number of benzene rings is 1. The molecule has 1 aliphatic rings. The molecule has 0 radical (unpaired) electrons. The molecule has 94 valence electrons. The molecule has 1 unspecified atom stereocenters. The third-order valence-electron chi connectivity index (χ3n) is 4.18. The Bertz CT molecular complexity index is 409. The van der Waals surface area contributed by atoms with Crippen LogP contribution in [0.4, 0.5) is 5.69 Å². The van der Waals surface area contributed by atoms with Crippen LogP contribution in [0.3, 0.4) is 0 Å². The molecule has 0 aliphatic carbocycles. The molecule has 2 rings (SSSR count). The predicted molar refractivity (Wildman–Crippen MR) is 74.8 cm³/mol. The standard InChI is InChI=1S/C15H24N2/c1-11-6-7-13(12(2)10-11)17-9-8-14(16-5)15(17,3)4/h6-7,10,14,16H,8-9H2,1-5H3. The highest BCUT2D eigenvalue weighted by molar-refractivity contribution is 5.57. The fourth-order valence-electron chi connectivity index (χ4n) is 3.12. The summed E-state index contributed by atoms with van der Waals surface area (Å²) in [6, 6.07) is 7.33. The second kappa shape index (κ2) is 4.34. The maximum atomic E-state index is 3.44. The van der Waals surface area contributed by atoms with E-state index in [4.69, 9.17) is 0 Å². The smallest absolute Gasteiger partial charge is 0.0499 e. The Kier molecular flexibility index (Phi) is 3.17. The first-order valence-corrected chi connectivity index (χ1v) is 6.49. The Morgan fingerprint density at radius 3 is 2.53 bits per heavy atom. The first-order valence-electron chi connectivity index (χ1n) is 6.49. The van der Waals surface area contributed by atoms with Gasteiger partial charge < -0.3 is 10.2 Å². The van der Waals surface area contributed by atoms with Crippen LogP contribution in [-0.2, 0) is 0 Å². The number of nitrogens with one attached hydrogen (secondary N) is 1. The minimum atomic E-state index is 0.189. The average Bonchev–Trinajstić information content (AvgIpc) is 2.54. The second-order valence-corrected chi connectivity index (χ2v) is 5.73. The monoisotopic (exact) mass is 232 g/mol. The van der Waals surface area contributed by atoms with Crippen LogP contribution in [-0.4, -0.2) is 25.2 Å². The average molecular weight is 232 g/mol. The lowest BCUT2D eigenvalue weighted by Gasteiger charge is -2.38. The predicted octanol–water partition coefficient (Wildman–Crippen LogP) is 2.88. The van der Waals surface area contributed by atoms with E-state index in [0.717, 1.165) is 6.54 Å². The van der Waals surface area contributed by atoms with Gasteiger partial charge in [-0.25, -0.2) is 0 Å². The summed E-state index contributed by atoms with van der Waals surface area (Å²) in [4.78, 5) is 2.54. The number of anilines is 1. The summed E-state index contributed by atoms with van der Waals surface area (Å²) >= 11 is 0. The quantitative estimate of drug-likeness (QED) is 0.843. The van der Waals surface area contributed by atoms with Gasteiger partial charge in [0.05, 0.1) is 0 Å². The molecule has 1 atom stereocenters. The highest BCUT2D eigenvalue weighted by Crippen LogP contribution is 2.35. The van der Waals surface area contributed by atoms with Gasteiger partial charge in [-0.05, 0) is 52.8 Å². The van der Waals surface area contributed by atoms with Crippen LogP contribution in [0.2, 0.25) is 0 Å². The number of likely N-dealkylation sites (N-methyl/N-ethyl adjacent to an activating group) is 1. The van der Waals surface area contributed by atoms with Crippen LogP contribution in [0.5, 0.6) is 0 Å². The maximum absolute atomic E-state index is 3.44. The Balaban J connectivity index is 2.35. The van der Waals surface area contributed by atoms with Gasteiger partial charge in [0.15, 0.2) is 0 Å². The van der Waals surface area contributed by atoms with Crippen molar-refractivity contribution in [2.75, 3.05) is 18.5 Å². The van der Waals surface area contributed by atoms with Crippen molar-refractivity contribution in [2.24, 2.45) is 0 Å². The first kappa shape index (κ1) is 12.4. The molecule has 1 heterocycles. The molecular weight excluding hydrogens is 208 g/mol. The van der Waals surface area contributed by atoms with E-state index >= 15 is 0 Å². The number of nitrogens with zero attached hydrogens (tertiary/aromatic N) is 1. The summed E-state index contributed by atoms with van der Waals surface area (Å²) in [6.45, 7) is 10.2. The summed E-state index contributed by atoms with van der Waals surface area (Å²) in [5.74, 6) is 0. The zero-order valence-electron chi connectivity index (χ0n) is 11.7. The van der Waals surface area contributed by atoms with Crippen LogP contribution in [0, 0.1) is 13.8 Å². The zero-order valence-corrected chi connectivity index (χ0v) is 11.7. The topological polar surface area (TPSA) is 15.3 Å². The van der Waals surface area contributed by atoms with Crippen molar-refractivity contribution in [2.45, 2.75) is 45.7 Å². The number of hydrogen-bond acceptors (Lipinski definition) is 2. The molecule has 0 aromatic heterocycles. The Morgan fingerprint density at radius 1 is 1.29 bits per heavy atom. The van der Waals surface area contributed by atoms with Crippen molar-refractivity contribution >= 4 is 5.69 Å². The number of hydrogen-bond donors (Lipinski definition) is 1. The lowest BCUT2D eigenvalue weighted by atomic mass is 9.95. The molecule has 0 saturated carbocycles. The van der Waals surface area contributed by atoms with Gasteiger partial charge >= 0.3 is 0 Å². The lowest BCUT2D eigenvalue weighted by Crippen LogP contribution is -2.50. The molecule has 0 spiro atoms. The van der Waals surface area contributed by atoms with Crippen molar-refractivity contribution < 1.29 is 0 Å². The van der Waals surface area contributed by atoms with E-state index in [9.17, 15) is 0 Å². The minimum Gasteiger partial charge on any atom is -0.365 e. The van der Waals surface area contributed by atoms with Crippen LogP contribution in [0.15, 0.2) is 18.2 Å². The zero-order chi connectivity index (χ0) is 12.6. The SMILES string of the molecule is CNC1CCN(c2ccc(C)cc2C)C1(C)C. The molecule has 0 bridgehead atoms. The maximum Gasteiger partial charge on any atom is 0.0499 e. The first-order chi connectivity index (χ1) is 7.96. The fourth-order valence-corrected chi connectivity index (χ4v) is 3.12. The summed E-state index contributed by atoms with van der Waals surface area (Å²) in [5.41, 5.74) is 4.30. The Hall–Kier alpha value is -1.02. The molecule has 1 saturated heterocycles. The van der Waals surface area contributed by atoms with E-state index in [-0.39, 0.29) is 5.54 Å². The minimum absolute atomic E-state index is 0.189. The van der Waals surface area contributed by atoms with Crippen molar-refractivity contribution in [1.82, 2.24) is 5.32 Å². The van der Waals surface area contributed by atoms with Gasteiger partial charge in [-0.1, -0.05) is 17.7 Å². The third kappa shape index (κ3) is 2.06. The van der Waals surface area contributed by atoms with E-state index in [1.54, 1.807) is 0 Å². The molecule has 0 amide bonds. The largest absolute Gasteiger partial charge is 0.365 e. The lowest BCUT2D eigenvalue weighted by molar-refractivity contribution is 0.402. The highest BCUT2D eigenvalue weighted by Gasteiger charge is 2.40.